The first kappa shape index (κ1) is 19.6. The lowest BCUT2D eigenvalue weighted by Gasteiger charge is -2.08. The Kier molecular flexibility index (Phi) is 8.26. The van der Waals surface area contributed by atoms with E-state index in [2.05, 4.69) is 32.6 Å². The topological polar surface area (TPSA) is 122 Å². The number of hydrogen-bond donors (Lipinski definition) is 1. The van der Waals surface area contributed by atoms with Gasteiger partial charge in [-0.3, -0.25) is 10.1 Å². The Morgan fingerprint density at radius 1 is 1.22 bits per heavy atom. The van der Waals surface area contributed by atoms with Gasteiger partial charge < -0.3 is 14.0 Å². The molecule has 10 heteroatoms. The van der Waals surface area contributed by atoms with Crippen molar-refractivity contribution in [1.82, 2.24) is 0 Å². The van der Waals surface area contributed by atoms with Crippen molar-refractivity contribution < 1.29 is 32.0 Å². The van der Waals surface area contributed by atoms with Gasteiger partial charge in [-0.2, -0.15) is 0 Å². The van der Waals surface area contributed by atoms with Gasteiger partial charge in [0.25, 0.3) is 0 Å². The van der Waals surface area contributed by atoms with Crippen molar-refractivity contribution in [2.75, 3.05) is 24.3 Å². The van der Waals surface area contributed by atoms with Gasteiger partial charge in [-0.25, -0.2) is 13.2 Å². The maximum absolute atomic E-state index is 11.5. The quantitative estimate of drug-likeness (QED) is 0.274. The van der Waals surface area contributed by atoms with Crippen molar-refractivity contribution >= 4 is 50.5 Å². The first-order valence-corrected chi connectivity index (χ1v) is 9.20. The number of rotatable bonds is 8. The van der Waals surface area contributed by atoms with Crippen LogP contribution in [0, 0.1) is 3.57 Å². The van der Waals surface area contributed by atoms with E-state index in [1.165, 1.54) is 0 Å². The zero-order chi connectivity index (χ0) is 17.3. The molecule has 0 aromatic heterocycles. The van der Waals surface area contributed by atoms with Crippen LogP contribution in [0.25, 0.3) is 0 Å². The van der Waals surface area contributed by atoms with E-state index in [4.69, 9.17) is 4.74 Å². The summed E-state index contributed by atoms with van der Waals surface area (Å²) in [5.74, 6) is -1.41. The summed E-state index contributed by atoms with van der Waals surface area (Å²) < 4.78 is 41.3. The van der Waals surface area contributed by atoms with E-state index < -0.39 is 34.5 Å². The van der Waals surface area contributed by atoms with Gasteiger partial charge in [0.2, 0.25) is 0 Å². The first-order valence-electron chi connectivity index (χ1n) is 6.55. The van der Waals surface area contributed by atoms with Crippen LogP contribution in [0.5, 0.6) is 0 Å². The molecule has 1 aromatic rings. The maximum Gasteiger partial charge on any atom is 0.411 e. The van der Waals surface area contributed by atoms with Crippen LogP contribution in [0.4, 0.5) is 10.5 Å². The van der Waals surface area contributed by atoms with Crippen LogP contribution in [0.1, 0.15) is 12.8 Å². The van der Waals surface area contributed by atoms with Crippen LogP contribution >= 0.6 is 22.6 Å². The fourth-order valence-corrected chi connectivity index (χ4v) is 2.26. The number of carbonyl (C=O) groups excluding carboxylic acids is 2. The molecular weight excluding hydrogens is 441 g/mol. The molecule has 128 valence electrons. The highest BCUT2D eigenvalue weighted by Gasteiger charge is 2.07. The van der Waals surface area contributed by atoms with Crippen LogP contribution in [-0.2, 0) is 24.4 Å². The summed E-state index contributed by atoms with van der Waals surface area (Å²) in [7, 11) is -4.39. The van der Waals surface area contributed by atoms with Gasteiger partial charge in [0.05, 0.1) is 22.5 Å². The third kappa shape index (κ3) is 10.1. The average molecular weight is 456 g/mol. The summed E-state index contributed by atoms with van der Waals surface area (Å²) in [5, 5.41) is 2.54. The summed E-state index contributed by atoms with van der Waals surface area (Å²) in [4.78, 5) is 22.7. The number of amides is 1. The van der Waals surface area contributed by atoms with Crippen molar-refractivity contribution in [1.29, 1.82) is 0 Å². The van der Waals surface area contributed by atoms with E-state index in [0.29, 0.717) is 5.69 Å². The summed E-state index contributed by atoms with van der Waals surface area (Å²) >= 11 is 2.11. The van der Waals surface area contributed by atoms with Gasteiger partial charge in [-0.1, -0.05) is 6.07 Å². The number of halogens is 1. The van der Waals surface area contributed by atoms with Crippen LogP contribution in [0.2, 0.25) is 0 Å². The second kappa shape index (κ2) is 9.67. The second-order valence-corrected chi connectivity index (χ2v) is 7.13. The van der Waals surface area contributed by atoms with Crippen LogP contribution < -0.4 is 5.32 Å². The van der Waals surface area contributed by atoms with E-state index >= 15 is 0 Å². The molecule has 0 saturated heterocycles. The zero-order valence-corrected chi connectivity index (χ0v) is 15.0. The minimum absolute atomic E-state index is 0.00468. The van der Waals surface area contributed by atoms with Crippen molar-refractivity contribution in [3.05, 3.63) is 27.8 Å². The van der Waals surface area contributed by atoms with Gasteiger partial charge in [-0.05, 0) is 47.2 Å². The van der Waals surface area contributed by atoms with Gasteiger partial charge in [0.1, 0.15) is 6.61 Å². The standard InChI is InChI=1S/C13H16INO7S/c14-10-3-1-4-11(9-10)15-13(17)22-6-2-5-12(16)21-7-8-23(18,19)20/h1,3-4,9H,2,5-8H2,(H,15,17)(H,18,19,20)/p-1. The molecule has 1 rings (SSSR count). The summed E-state index contributed by atoms with van der Waals surface area (Å²) in [6, 6.07) is 7.14. The Labute approximate surface area is 147 Å². The molecule has 1 amide bonds. The lowest BCUT2D eigenvalue weighted by atomic mass is 10.3. The molecule has 0 radical (unpaired) electrons. The monoisotopic (exact) mass is 456 g/mol. The van der Waals surface area contributed by atoms with Crippen molar-refractivity contribution in [3.63, 3.8) is 0 Å². The molecule has 23 heavy (non-hydrogen) atoms. The van der Waals surface area contributed by atoms with Crippen molar-refractivity contribution in [3.8, 4) is 0 Å². The number of benzene rings is 1. The molecule has 0 saturated carbocycles. The second-order valence-electron chi connectivity index (χ2n) is 4.36. The average Bonchev–Trinajstić information content (AvgIpc) is 2.42. The first-order chi connectivity index (χ1) is 10.8. The van der Waals surface area contributed by atoms with Crippen molar-refractivity contribution in [2.24, 2.45) is 0 Å². The van der Waals surface area contributed by atoms with Gasteiger partial charge in [0.15, 0.2) is 0 Å². The Balaban J connectivity index is 2.14. The third-order valence-corrected chi connectivity index (χ3v) is 3.76. The SMILES string of the molecule is O=C(CCCOC(=O)Nc1cccc(I)c1)OCCS(=O)(=O)[O-]. The molecule has 0 aliphatic rings. The van der Waals surface area contributed by atoms with Gasteiger partial charge in [0, 0.05) is 15.7 Å². The summed E-state index contributed by atoms with van der Waals surface area (Å²) in [6.45, 7) is -0.469. The lowest BCUT2D eigenvalue weighted by Crippen LogP contribution is -2.17. The smallest absolute Gasteiger partial charge is 0.411 e. The minimum atomic E-state index is -4.39. The molecule has 1 N–H and O–H groups in total. The number of esters is 1. The highest BCUT2D eigenvalue weighted by Crippen LogP contribution is 2.12. The molecule has 0 unspecified atom stereocenters. The maximum atomic E-state index is 11.5. The molecule has 0 atom stereocenters. The zero-order valence-electron chi connectivity index (χ0n) is 12.0. The Morgan fingerprint density at radius 2 is 1.96 bits per heavy atom. The van der Waals surface area contributed by atoms with E-state index in [1.54, 1.807) is 18.2 Å². The molecule has 0 bridgehead atoms. The molecule has 8 nitrogen and oxygen atoms in total. The fraction of sp³-hybridized carbons (Fsp3) is 0.385. The Bertz CT molecular complexity index is 647. The van der Waals surface area contributed by atoms with Gasteiger partial charge >= 0.3 is 12.1 Å². The predicted octanol–water partition coefficient (Wildman–Crippen LogP) is 1.71. The Morgan fingerprint density at radius 3 is 2.61 bits per heavy atom. The summed E-state index contributed by atoms with van der Waals surface area (Å²) in [6.07, 6.45) is -0.462. The molecular formula is C13H15INO7S-. The predicted molar refractivity (Wildman–Crippen MR) is 88.9 cm³/mol. The third-order valence-electron chi connectivity index (χ3n) is 2.43. The molecule has 0 fully saturated rings. The van der Waals surface area contributed by atoms with Gasteiger partial charge in [-0.15, -0.1) is 0 Å². The number of carbonyl (C=O) groups is 2. The normalized spacial score (nSPS) is 10.9. The highest BCUT2D eigenvalue weighted by atomic mass is 127. The molecule has 0 heterocycles. The number of anilines is 1. The largest absolute Gasteiger partial charge is 0.748 e. The van der Waals surface area contributed by atoms with E-state index in [0.717, 1.165) is 3.57 Å². The lowest BCUT2D eigenvalue weighted by molar-refractivity contribution is -0.143. The minimum Gasteiger partial charge on any atom is -0.748 e. The molecule has 0 spiro atoms. The van der Waals surface area contributed by atoms with Crippen LogP contribution in [-0.4, -0.2) is 44.0 Å². The van der Waals surface area contributed by atoms with Crippen LogP contribution in [0.15, 0.2) is 24.3 Å². The number of hydrogen-bond acceptors (Lipinski definition) is 7. The molecule has 1 aromatic carbocycles. The van der Waals surface area contributed by atoms with E-state index in [-0.39, 0.29) is 19.4 Å². The number of nitrogens with one attached hydrogen (secondary N) is 1. The Hall–Kier alpha value is -1.40. The summed E-state index contributed by atoms with van der Waals surface area (Å²) in [5.41, 5.74) is 0.597. The van der Waals surface area contributed by atoms with E-state index in [9.17, 15) is 22.6 Å². The highest BCUT2D eigenvalue weighted by molar-refractivity contribution is 14.1. The molecule has 0 aliphatic heterocycles. The molecule has 0 aliphatic carbocycles. The van der Waals surface area contributed by atoms with E-state index in [1.807, 2.05) is 6.07 Å². The number of ether oxygens (including phenoxy) is 2. The van der Waals surface area contributed by atoms with Crippen LogP contribution in [0.3, 0.4) is 0 Å². The van der Waals surface area contributed by atoms with Crippen molar-refractivity contribution in [2.45, 2.75) is 12.8 Å². The fourth-order valence-electron chi connectivity index (χ4n) is 1.43.